The van der Waals surface area contributed by atoms with Crippen molar-refractivity contribution >= 4 is 5.97 Å². The Kier molecular flexibility index (Phi) is 3.74. The van der Waals surface area contributed by atoms with Crippen molar-refractivity contribution in [2.24, 2.45) is 17.3 Å². The highest BCUT2D eigenvalue weighted by Gasteiger charge is 2.64. The third-order valence-corrected chi connectivity index (χ3v) is 7.76. The van der Waals surface area contributed by atoms with E-state index in [0.29, 0.717) is 23.5 Å². The molecule has 1 heterocycles. The summed E-state index contributed by atoms with van der Waals surface area (Å²) in [5.74, 6) is 2.14. The van der Waals surface area contributed by atoms with Gasteiger partial charge in [0.2, 0.25) is 0 Å². The first kappa shape index (κ1) is 16.8. The van der Waals surface area contributed by atoms with E-state index in [0.717, 1.165) is 26.1 Å². The van der Waals surface area contributed by atoms with E-state index in [9.17, 15) is 4.79 Å². The van der Waals surface area contributed by atoms with Crippen molar-refractivity contribution in [3.63, 3.8) is 0 Å². The average molecular weight is 356 g/mol. The maximum Gasteiger partial charge on any atom is 0.308 e. The lowest BCUT2D eigenvalue weighted by Crippen LogP contribution is -2.51. The van der Waals surface area contributed by atoms with Crippen LogP contribution in [0.15, 0.2) is 18.2 Å². The largest absolute Gasteiger partial charge is 0.427 e. The van der Waals surface area contributed by atoms with Crippen molar-refractivity contribution < 1.29 is 19.0 Å². The number of aryl methyl sites for hydroxylation is 1. The highest BCUT2D eigenvalue weighted by molar-refractivity contribution is 5.69. The minimum absolute atomic E-state index is 0.153. The Morgan fingerprint density at radius 1 is 1.15 bits per heavy atom. The second kappa shape index (κ2) is 5.80. The monoisotopic (exact) mass is 356 g/mol. The second-order valence-corrected chi connectivity index (χ2v) is 8.81. The molecule has 1 spiro atoms. The molecule has 0 unspecified atom stereocenters. The first-order chi connectivity index (χ1) is 12.5. The number of hydrogen-bond acceptors (Lipinski definition) is 4. The zero-order valence-corrected chi connectivity index (χ0v) is 15.8. The predicted molar refractivity (Wildman–Crippen MR) is 97.0 cm³/mol. The number of benzene rings is 1. The number of carbonyl (C=O) groups excluding carboxylic acids is 1. The molecule has 1 aromatic rings. The van der Waals surface area contributed by atoms with Crippen LogP contribution in [0.5, 0.6) is 5.75 Å². The minimum atomic E-state index is -0.317. The van der Waals surface area contributed by atoms with E-state index in [1.165, 1.54) is 43.7 Å². The number of esters is 1. The Hall–Kier alpha value is -1.39. The first-order valence-electron chi connectivity index (χ1n) is 10.1. The maximum absolute atomic E-state index is 11.2. The molecule has 1 aromatic carbocycles. The summed E-state index contributed by atoms with van der Waals surface area (Å²) in [6.45, 7) is 5.38. The number of ether oxygens (including phenoxy) is 3. The topological polar surface area (TPSA) is 44.8 Å². The number of fused-ring (bicyclic) bond motifs is 6. The summed E-state index contributed by atoms with van der Waals surface area (Å²) in [7, 11) is 0. The smallest absolute Gasteiger partial charge is 0.308 e. The molecule has 0 N–H and O–H groups in total. The number of hydrogen-bond donors (Lipinski definition) is 0. The molecule has 4 aliphatic rings. The van der Waals surface area contributed by atoms with Gasteiger partial charge >= 0.3 is 5.97 Å². The van der Waals surface area contributed by atoms with Crippen molar-refractivity contribution in [1.82, 2.24) is 0 Å². The van der Waals surface area contributed by atoms with Crippen molar-refractivity contribution in [1.29, 1.82) is 0 Å². The van der Waals surface area contributed by atoms with Gasteiger partial charge in [-0.15, -0.1) is 0 Å². The summed E-state index contributed by atoms with van der Waals surface area (Å²) in [6.07, 6.45) is 6.94. The molecule has 4 heteroatoms. The Balaban J connectivity index is 1.44. The van der Waals surface area contributed by atoms with Crippen molar-refractivity contribution in [2.75, 3.05) is 13.2 Å². The van der Waals surface area contributed by atoms with Gasteiger partial charge in [0.15, 0.2) is 5.79 Å². The fraction of sp³-hybridized carbons (Fsp3) is 0.682. The standard InChI is InChI=1S/C22H28O4/c1-14(23)26-16-4-6-17-15(13-16)3-5-19-18(17)7-9-21(2)20(19)8-10-22(21)24-11-12-25-22/h4,6,13,18-20H,3,5,7-12H2,1-2H3/t18-,19+,20-,21-/m1/s1. The summed E-state index contributed by atoms with van der Waals surface area (Å²) in [6, 6.07) is 6.26. The molecular weight excluding hydrogens is 328 g/mol. The highest BCUT2D eigenvalue weighted by atomic mass is 16.7. The Labute approximate surface area is 155 Å². The minimum Gasteiger partial charge on any atom is -0.427 e. The fourth-order valence-electron chi connectivity index (χ4n) is 6.67. The van der Waals surface area contributed by atoms with E-state index < -0.39 is 0 Å². The van der Waals surface area contributed by atoms with Gasteiger partial charge in [0, 0.05) is 18.8 Å². The molecule has 1 aliphatic heterocycles. The zero-order valence-electron chi connectivity index (χ0n) is 15.8. The van der Waals surface area contributed by atoms with Crippen LogP contribution in [-0.4, -0.2) is 25.0 Å². The van der Waals surface area contributed by atoms with Crippen LogP contribution in [0.2, 0.25) is 0 Å². The van der Waals surface area contributed by atoms with Gasteiger partial charge in [-0.1, -0.05) is 13.0 Å². The molecule has 26 heavy (non-hydrogen) atoms. The lowest BCUT2D eigenvalue weighted by molar-refractivity contribution is -0.237. The van der Waals surface area contributed by atoms with Crippen LogP contribution in [0.3, 0.4) is 0 Å². The SMILES string of the molecule is CC(=O)Oc1ccc2c(c1)CC[C@H]1[C@@H]2CC[C@]2(C)[C@@H]1CCC21OCCO1. The summed E-state index contributed by atoms with van der Waals surface area (Å²) in [4.78, 5) is 11.2. The lowest BCUT2D eigenvalue weighted by Gasteiger charge is -2.52. The molecule has 2 saturated carbocycles. The summed E-state index contributed by atoms with van der Waals surface area (Å²) in [5, 5.41) is 0. The molecule has 0 aromatic heterocycles. The van der Waals surface area contributed by atoms with Crippen molar-refractivity contribution in [2.45, 2.75) is 64.1 Å². The third kappa shape index (κ3) is 2.24. The Bertz CT molecular complexity index is 736. The van der Waals surface area contributed by atoms with Crippen LogP contribution in [0.1, 0.15) is 63.0 Å². The van der Waals surface area contributed by atoms with Crippen molar-refractivity contribution in [3.05, 3.63) is 29.3 Å². The van der Waals surface area contributed by atoms with Gasteiger partial charge in [-0.2, -0.15) is 0 Å². The van der Waals surface area contributed by atoms with Crippen LogP contribution in [0, 0.1) is 17.3 Å². The van der Waals surface area contributed by atoms with Gasteiger partial charge in [-0.25, -0.2) is 0 Å². The van der Waals surface area contributed by atoms with Gasteiger partial charge in [0.05, 0.1) is 13.2 Å². The number of carbonyl (C=O) groups is 1. The van der Waals surface area contributed by atoms with Crippen LogP contribution in [0.4, 0.5) is 0 Å². The van der Waals surface area contributed by atoms with E-state index in [4.69, 9.17) is 14.2 Å². The van der Waals surface area contributed by atoms with E-state index in [2.05, 4.69) is 19.1 Å². The normalized spacial score (nSPS) is 37.1. The molecule has 1 saturated heterocycles. The highest BCUT2D eigenvalue weighted by Crippen LogP contribution is 2.66. The molecule has 4 nitrogen and oxygen atoms in total. The predicted octanol–water partition coefficient (Wildman–Crippen LogP) is 4.21. The third-order valence-electron chi connectivity index (χ3n) is 7.76. The van der Waals surface area contributed by atoms with Crippen LogP contribution >= 0.6 is 0 Å². The molecule has 3 aliphatic carbocycles. The Morgan fingerprint density at radius 3 is 2.73 bits per heavy atom. The van der Waals surface area contributed by atoms with E-state index in [1.54, 1.807) is 0 Å². The lowest BCUT2D eigenvalue weighted by atomic mass is 9.55. The fourth-order valence-corrected chi connectivity index (χ4v) is 6.67. The van der Waals surface area contributed by atoms with Crippen LogP contribution in [-0.2, 0) is 20.7 Å². The summed E-state index contributed by atoms with van der Waals surface area (Å²) >= 11 is 0. The molecule has 140 valence electrons. The summed E-state index contributed by atoms with van der Waals surface area (Å²) in [5.41, 5.74) is 3.00. The van der Waals surface area contributed by atoms with Gasteiger partial charge in [0.25, 0.3) is 0 Å². The quantitative estimate of drug-likeness (QED) is 0.558. The first-order valence-corrected chi connectivity index (χ1v) is 10.1. The van der Waals surface area contributed by atoms with E-state index >= 15 is 0 Å². The maximum atomic E-state index is 11.2. The molecule has 0 bridgehead atoms. The zero-order chi connectivity index (χ0) is 17.9. The van der Waals surface area contributed by atoms with Crippen LogP contribution in [0.25, 0.3) is 0 Å². The second-order valence-electron chi connectivity index (χ2n) is 8.81. The molecule has 0 radical (unpaired) electrons. The molecule has 4 atom stereocenters. The average Bonchev–Trinajstić information content (AvgIpc) is 3.21. The van der Waals surface area contributed by atoms with E-state index in [-0.39, 0.29) is 17.2 Å². The van der Waals surface area contributed by atoms with Crippen molar-refractivity contribution in [3.8, 4) is 5.75 Å². The molecule has 0 amide bonds. The number of rotatable bonds is 1. The van der Waals surface area contributed by atoms with Crippen LogP contribution < -0.4 is 4.74 Å². The summed E-state index contributed by atoms with van der Waals surface area (Å²) < 4.78 is 17.7. The van der Waals surface area contributed by atoms with Gasteiger partial charge in [-0.3, -0.25) is 4.79 Å². The van der Waals surface area contributed by atoms with Gasteiger partial charge < -0.3 is 14.2 Å². The Morgan fingerprint density at radius 2 is 1.96 bits per heavy atom. The molecule has 3 fully saturated rings. The van der Waals surface area contributed by atoms with Gasteiger partial charge in [-0.05, 0) is 73.1 Å². The molecule has 5 rings (SSSR count). The van der Waals surface area contributed by atoms with E-state index in [1.807, 2.05) is 6.07 Å². The van der Waals surface area contributed by atoms with Gasteiger partial charge in [0.1, 0.15) is 5.75 Å². The molecular formula is C22H28O4.